The quantitative estimate of drug-likeness (QED) is 0.138. The van der Waals surface area contributed by atoms with E-state index in [0.717, 1.165) is 136 Å². The van der Waals surface area contributed by atoms with Crippen molar-refractivity contribution < 1.29 is 8.83 Å². The van der Waals surface area contributed by atoms with E-state index in [1.165, 1.54) is 0 Å². The SMILES string of the molecule is Cc1cc(-c2cncc(-c3nc4ccccc4o3)c2)cc(-c2cncc(-c3nc4ccc(-c5ccc6nc(-c7cncc(-c8cc(C)cc(-c9cncc(-c%10nc%11ccccc%11s%10)c9)c8)c7)sc6c5)cc4o3)c2)c1. The van der Waals surface area contributed by atoms with Crippen molar-refractivity contribution in [2.45, 2.75) is 13.8 Å². The molecule has 8 heterocycles. The molecule has 10 nitrogen and oxygen atoms in total. The van der Waals surface area contributed by atoms with Gasteiger partial charge in [-0.1, -0.05) is 60.7 Å². The first-order chi connectivity index (χ1) is 36.3. The summed E-state index contributed by atoms with van der Waals surface area (Å²) in [4.78, 5) is 38.1. The molecule has 74 heavy (non-hydrogen) atoms. The van der Waals surface area contributed by atoms with Gasteiger partial charge in [-0.3, -0.25) is 19.9 Å². The van der Waals surface area contributed by atoms with Crippen LogP contribution in [0.4, 0.5) is 0 Å². The van der Waals surface area contributed by atoms with Crippen molar-refractivity contribution in [1.82, 2.24) is 39.9 Å². The molecular weight excluding hydrogens is 953 g/mol. The molecule has 14 rings (SSSR count). The van der Waals surface area contributed by atoms with E-state index < -0.39 is 0 Å². The van der Waals surface area contributed by atoms with Crippen LogP contribution >= 0.6 is 22.7 Å². The van der Waals surface area contributed by atoms with Gasteiger partial charge in [0.15, 0.2) is 11.2 Å². The Kier molecular flexibility index (Phi) is 10.4. The van der Waals surface area contributed by atoms with E-state index in [4.69, 9.17) is 28.8 Å². The Hall–Kier alpha value is -9.36. The molecule has 0 fully saturated rings. The number of aryl methyl sites for hydroxylation is 2. The fourth-order valence-corrected chi connectivity index (χ4v) is 11.5. The minimum Gasteiger partial charge on any atom is -0.436 e. The van der Waals surface area contributed by atoms with Gasteiger partial charge in [0.25, 0.3) is 0 Å². The molecule has 0 spiro atoms. The Bertz CT molecular complexity index is 4160. The number of para-hydroxylation sites is 3. The minimum absolute atomic E-state index is 0.502. The normalized spacial score (nSPS) is 11.6. The van der Waals surface area contributed by atoms with Crippen molar-refractivity contribution in [3.63, 3.8) is 0 Å². The van der Waals surface area contributed by atoms with E-state index in [1.54, 1.807) is 35.1 Å². The number of fused-ring (bicyclic) bond motifs is 4. The summed E-state index contributed by atoms with van der Waals surface area (Å²) in [6.07, 6.45) is 14.9. The maximum atomic E-state index is 6.48. The second kappa shape index (κ2) is 17.7. The second-order valence-electron chi connectivity index (χ2n) is 18.4. The summed E-state index contributed by atoms with van der Waals surface area (Å²) >= 11 is 3.34. The van der Waals surface area contributed by atoms with Crippen LogP contribution in [0.1, 0.15) is 11.1 Å². The van der Waals surface area contributed by atoms with Crippen molar-refractivity contribution in [1.29, 1.82) is 0 Å². The third-order valence-corrected chi connectivity index (χ3v) is 15.3. The molecule has 0 unspecified atom stereocenters. The second-order valence-corrected chi connectivity index (χ2v) is 20.5. The molecule has 0 aliphatic heterocycles. The highest BCUT2D eigenvalue weighted by Crippen LogP contribution is 2.39. The number of pyridine rings is 4. The summed E-state index contributed by atoms with van der Waals surface area (Å²) in [5, 5.41) is 1.86. The predicted octanol–water partition coefficient (Wildman–Crippen LogP) is 16.4. The Morgan fingerprint density at radius 3 is 1.26 bits per heavy atom. The van der Waals surface area contributed by atoms with Gasteiger partial charge in [0.05, 0.1) is 31.6 Å². The highest BCUT2D eigenvalue weighted by Gasteiger charge is 2.17. The predicted molar refractivity (Wildman–Crippen MR) is 298 cm³/mol. The van der Waals surface area contributed by atoms with E-state index in [0.29, 0.717) is 17.4 Å². The highest BCUT2D eigenvalue weighted by molar-refractivity contribution is 7.22. The molecular formula is C62H38N8O2S2. The molecule has 0 saturated carbocycles. The van der Waals surface area contributed by atoms with E-state index in [2.05, 4.69) is 131 Å². The van der Waals surface area contributed by atoms with Gasteiger partial charge < -0.3 is 8.83 Å². The van der Waals surface area contributed by atoms with Gasteiger partial charge in [-0.05, 0) is 143 Å². The Morgan fingerprint density at radius 2 is 0.703 bits per heavy atom. The van der Waals surface area contributed by atoms with Crippen LogP contribution in [0.15, 0.2) is 204 Å². The van der Waals surface area contributed by atoms with Crippen molar-refractivity contribution in [2.24, 2.45) is 0 Å². The summed E-state index contributed by atoms with van der Waals surface area (Å²) in [5.74, 6) is 1.04. The molecule has 0 N–H and O–H groups in total. The molecule has 0 saturated heterocycles. The molecule has 0 bridgehead atoms. The summed E-state index contributed by atoms with van der Waals surface area (Å²) in [5.41, 5.74) is 21.0. The molecule has 14 aromatic rings. The fraction of sp³-hybridized carbons (Fsp3) is 0.0323. The number of aromatic nitrogens is 8. The first-order valence-corrected chi connectivity index (χ1v) is 25.6. The van der Waals surface area contributed by atoms with Crippen LogP contribution in [0.3, 0.4) is 0 Å². The average Bonchev–Trinajstić information content (AvgIpc) is 4.28. The lowest BCUT2D eigenvalue weighted by atomic mass is 9.97. The van der Waals surface area contributed by atoms with Crippen LogP contribution in [0, 0.1) is 13.8 Å². The smallest absolute Gasteiger partial charge is 0.228 e. The van der Waals surface area contributed by atoms with E-state index >= 15 is 0 Å². The number of rotatable bonds is 9. The van der Waals surface area contributed by atoms with E-state index in [-0.39, 0.29) is 0 Å². The average molecular weight is 991 g/mol. The van der Waals surface area contributed by atoms with Gasteiger partial charge in [-0.15, -0.1) is 22.7 Å². The number of benzene rings is 6. The van der Waals surface area contributed by atoms with Gasteiger partial charge in [0, 0.05) is 83.0 Å². The standard InChI is InChI=1S/C62H38N8O2S2/c1-35-15-39(43-21-47(31-63-27-43)59-67-51-7-3-5-9-55(51)71-59)19-40(16-35)44-22-48(32-64-28-44)60-68-52-13-11-37(25-56(52)72-60)38-12-14-54-58(26-38)74-62(70-54)50-24-46(30-66-34-50)42-18-36(2)17-41(20-42)45-23-49(33-65-29-45)61-69-53-8-4-6-10-57(53)73-61/h3-34H,1-2H3. The molecule has 8 aromatic heterocycles. The van der Waals surface area contributed by atoms with Gasteiger partial charge in [-0.25, -0.2) is 19.9 Å². The lowest BCUT2D eigenvalue weighted by Gasteiger charge is -2.10. The number of nitrogens with zero attached hydrogens (tertiary/aromatic N) is 8. The van der Waals surface area contributed by atoms with Gasteiger partial charge in [-0.2, -0.15) is 0 Å². The lowest BCUT2D eigenvalue weighted by Crippen LogP contribution is -1.89. The lowest BCUT2D eigenvalue weighted by molar-refractivity contribution is 0.619. The summed E-state index contributed by atoms with van der Waals surface area (Å²) < 4.78 is 14.8. The Labute approximate surface area is 431 Å². The van der Waals surface area contributed by atoms with Crippen molar-refractivity contribution >= 4 is 65.3 Å². The fourth-order valence-electron chi connectivity index (χ4n) is 9.54. The Morgan fingerprint density at radius 1 is 0.297 bits per heavy atom. The molecule has 0 atom stereocenters. The topological polar surface area (TPSA) is 129 Å². The van der Waals surface area contributed by atoms with Gasteiger partial charge in [0.1, 0.15) is 21.0 Å². The molecule has 0 aliphatic carbocycles. The van der Waals surface area contributed by atoms with Gasteiger partial charge in [0.2, 0.25) is 11.8 Å². The van der Waals surface area contributed by atoms with Crippen LogP contribution in [-0.2, 0) is 0 Å². The zero-order valence-electron chi connectivity index (χ0n) is 39.7. The van der Waals surface area contributed by atoms with Crippen molar-refractivity contribution in [2.75, 3.05) is 0 Å². The van der Waals surface area contributed by atoms with Crippen LogP contribution in [-0.4, -0.2) is 39.9 Å². The first kappa shape index (κ1) is 43.4. The molecule has 0 amide bonds. The van der Waals surface area contributed by atoms with Crippen LogP contribution in [0.25, 0.3) is 142 Å². The van der Waals surface area contributed by atoms with E-state index in [1.807, 2.05) is 85.7 Å². The molecule has 6 aromatic carbocycles. The number of thiazole rings is 2. The van der Waals surface area contributed by atoms with Crippen molar-refractivity contribution in [3.05, 3.63) is 206 Å². The maximum absolute atomic E-state index is 6.48. The molecule has 12 heteroatoms. The zero-order chi connectivity index (χ0) is 49.3. The summed E-state index contributed by atoms with van der Waals surface area (Å²) in [6.45, 7) is 4.22. The highest BCUT2D eigenvalue weighted by atomic mass is 32.1. The maximum Gasteiger partial charge on any atom is 0.228 e. The van der Waals surface area contributed by atoms with Crippen LogP contribution < -0.4 is 0 Å². The molecule has 0 radical (unpaired) electrons. The van der Waals surface area contributed by atoms with E-state index in [9.17, 15) is 0 Å². The van der Waals surface area contributed by atoms with Crippen LogP contribution in [0.2, 0.25) is 0 Å². The molecule has 0 aliphatic rings. The third kappa shape index (κ3) is 8.17. The summed E-state index contributed by atoms with van der Waals surface area (Å²) in [7, 11) is 0. The first-order valence-electron chi connectivity index (χ1n) is 24.0. The number of hydrogen-bond acceptors (Lipinski definition) is 12. The molecule has 350 valence electrons. The minimum atomic E-state index is 0.502. The number of oxazole rings is 2. The monoisotopic (exact) mass is 990 g/mol. The van der Waals surface area contributed by atoms with Crippen molar-refractivity contribution in [3.8, 4) is 99.7 Å². The van der Waals surface area contributed by atoms with Crippen LogP contribution in [0.5, 0.6) is 0 Å². The third-order valence-electron chi connectivity index (χ3n) is 13.1. The Balaban J connectivity index is 0.714. The zero-order valence-corrected chi connectivity index (χ0v) is 41.3. The van der Waals surface area contributed by atoms with Gasteiger partial charge >= 0.3 is 0 Å². The summed E-state index contributed by atoms with van der Waals surface area (Å²) in [6, 6.07) is 50.1. The largest absolute Gasteiger partial charge is 0.436 e. The number of hydrogen-bond donors (Lipinski definition) is 0.